The molecule has 0 aromatic carbocycles. The summed E-state index contributed by atoms with van der Waals surface area (Å²) in [6.45, 7) is -0.727. The number of aliphatic hydroxyl groups excluding tert-OH is 1. The van der Waals surface area contributed by atoms with Crippen molar-refractivity contribution in [1.82, 2.24) is 0 Å². The zero-order valence-corrected chi connectivity index (χ0v) is 9.84. The SMILES string of the molecule is OC[C@@H](C(F)(F)F)C12CC3CC(CC(C3)C1)C2. The molecular formula is C13H19F3O. The van der Waals surface area contributed by atoms with Gasteiger partial charge in [0.25, 0.3) is 0 Å². The first-order valence-electron chi connectivity index (χ1n) is 6.60. The Bertz CT molecular complexity index is 275. The lowest BCUT2D eigenvalue weighted by Gasteiger charge is -2.59. The average Bonchev–Trinajstić information content (AvgIpc) is 2.12. The van der Waals surface area contributed by atoms with E-state index in [4.69, 9.17) is 0 Å². The van der Waals surface area contributed by atoms with E-state index in [1.54, 1.807) is 0 Å². The van der Waals surface area contributed by atoms with Crippen LogP contribution in [0.5, 0.6) is 0 Å². The Kier molecular flexibility index (Phi) is 2.52. The quantitative estimate of drug-likeness (QED) is 0.794. The molecule has 4 bridgehead atoms. The molecule has 0 spiro atoms. The molecule has 0 radical (unpaired) electrons. The van der Waals surface area contributed by atoms with Crippen molar-refractivity contribution in [2.24, 2.45) is 29.1 Å². The smallest absolute Gasteiger partial charge is 0.394 e. The van der Waals surface area contributed by atoms with Crippen molar-refractivity contribution in [3.8, 4) is 0 Å². The molecule has 4 fully saturated rings. The van der Waals surface area contributed by atoms with E-state index in [2.05, 4.69) is 0 Å². The van der Waals surface area contributed by atoms with E-state index in [1.807, 2.05) is 0 Å². The summed E-state index contributed by atoms with van der Waals surface area (Å²) in [7, 11) is 0. The van der Waals surface area contributed by atoms with Gasteiger partial charge in [0.1, 0.15) is 0 Å². The van der Waals surface area contributed by atoms with Gasteiger partial charge in [-0.25, -0.2) is 0 Å². The Morgan fingerprint density at radius 1 is 1.00 bits per heavy atom. The molecule has 4 heteroatoms. The van der Waals surface area contributed by atoms with Crippen molar-refractivity contribution < 1.29 is 18.3 Å². The van der Waals surface area contributed by atoms with E-state index in [0.29, 0.717) is 37.0 Å². The summed E-state index contributed by atoms with van der Waals surface area (Å²) in [6.07, 6.45) is 1.26. The minimum Gasteiger partial charge on any atom is -0.396 e. The summed E-state index contributed by atoms with van der Waals surface area (Å²) in [4.78, 5) is 0. The Morgan fingerprint density at radius 2 is 1.41 bits per heavy atom. The maximum atomic E-state index is 13.1. The van der Waals surface area contributed by atoms with Crippen LogP contribution in [0.2, 0.25) is 0 Å². The zero-order chi connectivity index (χ0) is 12.3. The van der Waals surface area contributed by atoms with E-state index >= 15 is 0 Å². The second kappa shape index (κ2) is 3.62. The molecule has 0 aromatic rings. The lowest BCUT2D eigenvalue weighted by Crippen LogP contribution is -2.54. The minimum absolute atomic E-state index is 0.498. The van der Waals surface area contributed by atoms with Crippen molar-refractivity contribution in [2.75, 3.05) is 6.61 Å². The van der Waals surface area contributed by atoms with Gasteiger partial charge in [-0.1, -0.05) is 0 Å². The van der Waals surface area contributed by atoms with Crippen molar-refractivity contribution >= 4 is 0 Å². The molecule has 1 atom stereocenters. The molecule has 98 valence electrons. The lowest BCUT2D eigenvalue weighted by molar-refractivity contribution is -0.245. The zero-order valence-electron chi connectivity index (χ0n) is 9.84. The third kappa shape index (κ3) is 1.79. The predicted octanol–water partition coefficient (Wildman–Crippen LogP) is 3.37. The first-order chi connectivity index (χ1) is 7.93. The first kappa shape index (κ1) is 11.8. The van der Waals surface area contributed by atoms with E-state index in [9.17, 15) is 18.3 Å². The maximum Gasteiger partial charge on any atom is 0.394 e. The third-order valence-electron chi connectivity index (χ3n) is 5.40. The molecule has 4 saturated carbocycles. The molecule has 4 rings (SSSR count). The van der Waals surface area contributed by atoms with Crippen LogP contribution >= 0.6 is 0 Å². The Hall–Kier alpha value is -0.250. The topological polar surface area (TPSA) is 20.2 Å². The number of aliphatic hydroxyl groups is 1. The van der Waals surface area contributed by atoms with Crippen LogP contribution in [0.25, 0.3) is 0 Å². The molecule has 0 saturated heterocycles. The van der Waals surface area contributed by atoms with Crippen LogP contribution in [0.3, 0.4) is 0 Å². The van der Waals surface area contributed by atoms with Gasteiger partial charge in [0.05, 0.1) is 12.5 Å². The summed E-state index contributed by atoms with van der Waals surface area (Å²) in [5.74, 6) is 0.0105. The van der Waals surface area contributed by atoms with Crippen LogP contribution in [0.1, 0.15) is 38.5 Å². The number of hydrogen-bond acceptors (Lipinski definition) is 1. The lowest BCUT2D eigenvalue weighted by atomic mass is 9.46. The van der Waals surface area contributed by atoms with Gasteiger partial charge in [0.15, 0.2) is 0 Å². The van der Waals surface area contributed by atoms with Gasteiger partial charge in [-0.05, 0) is 61.7 Å². The van der Waals surface area contributed by atoms with Gasteiger partial charge in [-0.2, -0.15) is 13.2 Å². The fourth-order valence-corrected chi connectivity index (χ4v) is 5.25. The van der Waals surface area contributed by atoms with E-state index in [0.717, 1.165) is 19.3 Å². The van der Waals surface area contributed by atoms with Crippen LogP contribution in [0.4, 0.5) is 13.2 Å². The van der Waals surface area contributed by atoms with Crippen LogP contribution < -0.4 is 0 Å². The molecule has 0 aromatic heterocycles. The van der Waals surface area contributed by atoms with Crippen LogP contribution in [0, 0.1) is 29.1 Å². The van der Waals surface area contributed by atoms with Gasteiger partial charge < -0.3 is 5.11 Å². The van der Waals surface area contributed by atoms with Crippen molar-refractivity contribution in [1.29, 1.82) is 0 Å². The van der Waals surface area contributed by atoms with E-state index in [1.165, 1.54) is 0 Å². The summed E-state index contributed by atoms with van der Waals surface area (Å²) in [6, 6.07) is 0. The summed E-state index contributed by atoms with van der Waals surface area (Å²) in [5, 5.41) is 9.20. The molecule has 0 amide bonds. The Labute approximate surface area is 99.4 Å². The van der Waals surface area contributed by atoms with E-state index < -0.39 is 24.1 Å². The van der Waals surface area contributed by atoms with Crippen LogP contribution in [-0.2, 0) is 0 Å². The van der Waals surface area contributed by atoms with Crippen LogP contribution in [-0.4, -0.2) is 17.9 Å². The molecule has 4 aliphatic rings. The highest BCUT2D eigenvalue weighted by Gasteiger charge is 2.60. The largest absolute Gasteiger partial charge is 0.396 e. The molecule has 0 aliphatic heterocycles. The molecular weight excluding hydrogens is 229 g/mol. The van der Waals surface area contributed by atoms with Gasteiger partial charge in [0, 0.05) is 0 Å². The molecule has 4 aliphatic carbocycles. The summed E-state index contributed by atoms with van der Waals surface area (Å²) >= 11 is 0. The summed E-state index contributed by atoms with van der Waals surface area (Å²) in [5.41, 5.74) is -0.623. The molecule has 1 nitrogen and oxygen atoms in total. The minimum atomic E-state index is -4.24. The van der Waals surface area contributed by atoms with Crippen LogP contribution in [0.15, 0.2) is 0 Å². The highest BCUT2D eigenvalue weighted by molar-refractivity contribution is 5.05. The number of rotatable bonds is 2. The second-order valence-electron chi connectivity index (χ2n) is 6.56. The van der Waals surface area contributed by atoms with Gasteiger partial charge >= 0.3 is 6.18 Å². The molecule has 0 heterocycles. The first-order valence-corrected chi connectivity index (χ1v) is 6.60. The highest BCUT2D eigenvalue weighted by atomic mass is 19.4. The normalized spacial score (nSPS) is 46.2. The fraction of sp³-hybridized carbons (Fsp3) is 1.00. The third-order valence-corrected chi connectivity index (χ3v) is 5.40. The summed E-state index contributed by atoms with van der Waals surface area (Å²) < 4.78 is 39.2. The maximum absolute atomic E-state index is 13.1. The average molecular weight is 248 g/mol. The fourth-order valence-electron chi connectivity index (χ4n) is 5.25. The standard InChI is InChI=1S/C13H19F3O/c14-13(15,16)11(7-17)12-4-8-1-9(5-12)3-10(2-8)6-12/h8-11,17H,1-7H2/t8?,9?,10?,11-,12?/m1/s1. The van der Waals surface area contributed by atoms with Crippen molar-refractivity contribution in [2.45, 2.75) is 44.7 Å². The Balaban J connectivity index is 1.90. The predicted molar refractivity (Wildman–Crippen MR) is 57.2 cm³/mol. The second-order valence-corrected chi connectivity index (χ2v) is 6.56. The van der Waals surface area contributed by atoms with Crippen molar-refractivity contribution in [3.63, 3.8) is 0 Å². The Morgan fingerprint density at radius 3 is 1.71 bits per heavy atom. The van der Waals surface area contributed by atoms with Gasteiger partial charge in [-0.3, -0.25) is 0 Å². The number of halogens is 3. The monoisotopic (exact) mass is 248 g/mol. The highest BCUT2D eigenvalue weighted by Crippen LogP contribution is 2.64. The van der Waals surface area contributed by atoms with Gasteiger partial charge in [0.2, 0.25) is 0 Å². The molecule has 0 unspecified atom stereocenters. The molecule has 1 N–H and O–H groups in total. The number of alkyl halides is 3. The van der Waals surface area contributed by atoms with E-state index in [-0.39, 0.29) is 0 Å². The number of hydrogen-bond donors (Lipinski definition) is 1. The van der Waals surface area contributed by atoms with Crippen molar-refractivity contribution in [3.05, 3.63) is 0 Å². The van der Waals surface area contributed by atoms with Gasteiger partial charge in [-0.15, -0.1) is 0 Å². The molecule has 17 heavy (non-hydrogen) atoms.